The molecule has 0 aliphatic carbocycles. The molecule has 1 heterocycles. The van der Waals surface area contributed by atoms with Crippen LogP contribution in [0.25, 0.3) is 0 Å². The minimum Gasteiger partial charge on any atom is -0.378 e. The second-order valence-electron chi connectivity index (χ2n) is 5.93. The Labute approximate surface area is 122 Å². The predicted molar refractivity (Wildman–Crippen MR) is 83.4 cm³/mol. The van der Waals surface area contributed by atoms with Gasteiger partial charge in [0.1, 0.15) is 0 Å². The summed E-state index contributed by atoms with van der Waals surface area (Å²) in [5, 5.41) is 0. The molecule has 2 rings (SSSR count). The molecule has 1 fully saturated rings. The van der Waals surface area contributed by atoms with E-state index in [9.17, 15) is 4.79 Å². The van der Waals surface area contributed by atoms with E-state index in [-0.39, 0.29) is 5.91 Å². The second kappa shape index (κ2) is 6.27. The fraction of sp³-hybridized carbons (Fsp3) is 0.562. The van der Waals surface area contributed by atoms with E-state index in [1.165, 1.54) is 0 Å². The standard InChI is InChI=1S/C16H25N3O/c1-17(2)14-7-5-13(6-8-14)16(20)19-11-9-15(10-12-19)18(3)4/h5-8,15H,9-12H2,1-4H3. The molecule has 1 saturated heterocycles. The topological polar surface area (TPSA) is 26.8 Å². The third kappa shape index (κ3) is 3.31. The number of nitrogens with zero attached hydrogens (tertiary/aromatic N) is 3. The van der Waals surface area contributed by atoms with Crippen molar-refractivity contribution in [2.75, 3.05) is 46.2 Å². The Morgan fingerprint density at radius 1 is 1.05 bits per heavy atom. The largest absolute Gasteiger partial charge is 0.378 e. The van der Waals surface area contributed by atoms with Gasteiger partial charge in [-0.15, -0.1) is 0 Å². The Morgan fingerprint density at radius 2 is 1.60 bits per heavy atom. The van der Waals surface area contributed by atoms with E-state index in [1.54, 1.807) is 0 Å². The SMILES string of the molecule is CN(C)c1ccc(C(=O)N2CCC(N(C)C)CC2)cc1. The number of likely N-dealkylation sites (tertiary alicyclic amines) is 1. The van der Waals surface area contributed by atoms with Gasteiger partial charge in [-0.05, 0) is 51.2 Å². The molecule has 0 aromatic heterocycles. The van der Waals surface area contributed by atoms with Gasteiger partial charge in [0, 0.05) is 44.5 Å². The number of benzene rings is 1. The smallest absolute Gasteiger partial charge is 0.253 e. The fourth-order valence-electron chi connectivity index (χ4n) is 2.67. The van der Waals surface area contributed by atoms with Crippen LogP contribution in [0.1, 0.15) is 23.2 Å². The summed E-state index contributed by atoms with van der Waals surface area (Å²) >= 11 is 0. The van der Waals surface area contributed by atoms with Gasteiger partial charge in [-0.3, -0.25) is 4.79 Å². The highest BCUT2D eigenvalue weighted by atomic mass is 16.2. The van der Waals surface area contributed by atoms with E-state index in [1.807, 2.05) is 48.2 Å². The third-order valence-corrected chi connectivity index (χ3v) is 4.11. The third-order valence-electron chi connectivity index (χ3n) is 4.11. The zero-order valence-corrected chi connectivity index (χ0v) is 13.0. The van der Waals surface area contributed by atoms with Gasteiger partial charge in [0.15, 0.2) is 0 Å². The lowest BCUT2D eigenvalue weighted by Gasteiger charge is -2.35. The molecule has 0 spiro atoms. The van der Waals surface area contributed by atoms with Crippen LogP contribution >= 0.6 is 0 Å². The van der Waals surface area contributed by atoms with Crippen molar-refractivity contribution in [1.82, 2.24) is 9.80 Å². The van der Waals surface area contributed by atoms with Crippen molar-refractivity contribution in [1.29, 1.82) is 0 Å². The highest BCUT2D eigenvalue weighted by Crippen LogP contribution is 2.18. The maximum atomic E-state index is 12.5. The Bertz CT molecular complexity index is 445. The molecule has 110 valence electrons. The first-order valence-corrected chi connectivity index (χ1v) is 7.22. The van der Waals surface area contributed by atoms with Gasteiger partial charge < -0.3 is 14.7 Å². The Balaban J connectivity index is 1.98. The second-order valence-corrected chi connectivity index (χ2v) is 5.93. The van der Waals surface area contributed by atoms with Gasteiger partial charge >= 0.3 is 0 Å². The minimum absolute atomic E-state index is 0.160. The highest BCUT2D eigenvalue weighted by Gasteiger charge is 2.24. The number of amides is 1. The van der Waals surface area contributed by atoms with E-state index in [0.717, 1.165) is 37.2 Å². The average molecular weight is 275 g/mol. The summed E-state index contributed by atoms with van der Waals surface area (Å²) in [6.45, 7) is 1.72. The van der Waals surface area contributed by atoms with Crippen molar-refractivity contribution in [2.24, 2.45) is 0 Å². The van der Waals surface area contributed by atoms with Crippen LogP contribution in [0.15, 0.2) is 24.3 Å². The van der Waals surface area contributed by atoms with Gasteiger partial charge in [0.2, 0.25) is 0 Å². The fourth-order valence-corrected chi connectivity index (χ4v) is 2.67. The average Bonchev–Trinajstić information content (AvgIpc) is 2.46. The van der Waals surface area contributed by atoms with Crippen LogP contribution in [0.3, 0.4) is 0 Å². The van der Waals surface area contributed by atoms with Crippen LogP contribution in [0.5, 0.6) is 0 Å². The van der Waals surface area contributed by atoms with Crippen LogP contribution in [-0.4, -0.2) is 63.0 Å². The van der Waals surface area contributed by atoms with Crippen molar-refractivity contribution in [3.05, 3.63) is 29.8 Å². The number of hydrogen-bond acceptors (Lipinski definition) is 3. The van der Waals surface area contributed by atoms with Crippen LogP contribution in [0.4, 0.5) is 5.69 Å². The quantitative estimate of drug-likeness (QED) is 0.843. The zero-order valence-electron chi connectivity index (χ0n) is 13.0. The van der Waals surface area contributed by atoms with Crippen molar-refractivity contribution in [3.8, 4) is 0 Å². The molecule has 20 heavy (non-hydrogen) atoms. The maximum absolute atomic E-state index is 12.5. The van der Waals surface area contributed by atoms with Gasteiger partial charge in [0.25, 0.3) is 5.91 Å². The van der Waals surface area contributed by atoms with E-state index in [4.69, 9.17) is 0 Å². The molecule has 0 saturated carbocycles. The minimum atomic E-state index is 0.160. The summed E-state index contributed by atoms with van der Waals surface area (Å²) in [4.78, 5) is 18.7. The monoisotopic (exact) mass is 275 g/mol. The van der Waals surface area contributed by atoms with Gasteiger partial charge in [0.05, 0.1) is 0 Å². The van der Waals surface area contributed by atoms with Crippen LogP contribution in [0, 0.1) is 0 Å². The molecular formula is C16H25N3O. The van der Waals surface area contributed by atoms with Crippen molar-refractivity contribution in [3.63, 3.8) is 0 Å². The van der Waals surface area contributed by atoms with Crippen LogP contribution in [0.2, 0.25) is 0 Å². The van der Waals surface area contributed by atoms with Gasteiger partial charge in [-0.2, -0.15) is 0 Å². The molecule has 1 amide bonds. The van der Waals surface area contributed by atoms with E-state index >= 15 is 0 Å². The van der Waals surface area contributed by atoms with Gasteiger partial charge in [-0.1, -0.05) is 0 Å². The Morgan fingerprint density at radius 3 is 2.05 bits per heavy atom. The first-order chi connectivity index (χ1) is 9.49. The number of rotatable bonds is 3. The summed E-state index contributed by atoms with van der Waals surface area (Å²) in [6.07, 6.45) is 2.13. The van der Waals surface area contributed by atoms with E-state index in [2.05, 4.69) is 19.0 Å². The number of carbonyl (C=O) groups is 1. The first-order valence-electron chi connectivity index (χ1n) is 7.22. The molecule has 1 aliphatic heterocycles. The lowest BCUT2D eigenvalue weighted by molar-refractivity contribution is 0.0663. The highest BCUT2D eigenvalue weighted by molar-refractivity contribution is 5.94. The molecule has 0 N–H and O–H groups in total. The van der Waals surface area contributed by atoms with Gasteiger partial charge in [-0.25, -0.2) is 0 Å². The molecule has 0 unspecified atom stereocenters. The maximum Gasteiger partial charge on any atom is 0.253 e. The van der Waals surface area contributed by atoms with Crippen LogP contribution < -0.4 is 4.90 Å². The normalized spacial score (nSPS) is 16.6. The Hall–Kier alpha value is -1.55. The molecule has 0 atom stereocenters. The van der Waals surface area contributed by atoms with E-state index in [0.29, 0.717) is 6.04 Å². The summed E-state index contributed by atoms with van der Waals surface area (Å²) < 4.78 is 0. The summed E-state index contributed by atoms with van der Waals surface area (Å²) in [6, 6.07) is 8.46. The Kier molecular flexibility index (Phi) is 4.65. The lowest BCUT2D eigenvalue weighted by atomic mass is 10.0. The molecule has 4 heteroatoms. The lowest BCUT2D eigenvalue weighted by Crippen LogP contribution is -2.44. The number of piperidine rings is 1. The molecule has 1 aliphatic rings. The predicted octanol–water partition coefficient (Wildman–Crippen LogP) is 1.92. The number of hydrogen-bond donors (Lipinski definition) is 0. The summed E-state index contributed by atoms with van der Waals surface area (Å²) in [5.41, 5.74) is 1.91. The first kappa shape index (κ1) is 14.9. The molecule has 1 aromatic rings. The summed E-state index contributed by atoms with van der Waals surface area (Å²) in [5.74, 6) is 0.160. The molecule has 0 bridgehead atoms. The molecule has 4 nitrogen and oxygen atoms in total. The van der Waals surface area contributed by atoms with Crippen molar-refractivity contribution in [2.45, 2.75) is 18.9 Å². The summed E-state index contributed by atoms with van der Waals surface area (Å²) in [7, 11) is 8.23. The van der Waals surface area contributed by atoms with E-state index < -0.39 is 0 Å². The van der Waals surface area contributed by atoms with Crippen molar-refractivity contribution >= 4 is 11.6 Å². The van der Waals surface area contributed by atoms with Crippen molar-refractivity contribution < 1.29 is 4.79 Å². The molecule has 0 radical (unpaired) electrons. The molecular weight excluding hydrogens is 250 g/mol. The van der Waals surface area contributed by atoms with Crippen LogP contribution in [-0.2, 0) is 0 Å². The molecule has 1 aromatic carbocycles. The number of carbonyl (C=O) groups excluding carboxylic acids is 1. The number of anilines is 1. The zero-order chi connectivity index (χ0) is 14.7.